The molecule has 0 unspecified atom stereocenters. The summed E-state index contributed by atoms with van der Waals surface area (Å²) in [5.41, 5.74) is 5.95. The lowest BCUT2D eigenvalue weighted by Crippen LogP contribution is -2.58. The molecule has 2 atom stereocenters. The molecule has 0 aromatic carbocycles. The van der Waals surface area contributed by atoms with Crippen molar-refractivity contribution in [2.75, 3.05) is 7.11 Å². The summed E-state index contributed by atoms with van der Waals surface area (Å²) < 4.78 is 5.19. The average Bonchev–Trinajstić information content (AvgIpc) is 1.82. The molecular weight excluding hydrogens is 114 g/mol. The summed E-state index contributed by atoms with van der Waals surface area (Å²) in [6.07, 6.45) is 1.40. The van der Waals surface area contributed by atoms with Gasteiger partial charge >= 0.3 is 0 Å². The second-order valence-electron chi connectivity index (χ2n) is 3.39. The molecule has 0 heterocycles. The van der Waals surface area contributed by atoms with Crippen LogP contribution in [0.2, 0.25) is 0 Å². The number of ether oxygens (including phenoxy) is 1. The fourth-order valence-corrected chi connectivity index (χ4v) is 1.32. The number of hydrogen-bond donors (Lipinski definition) is 1. The molecule has 1 aliphatic rings. The highest BCUT2D eigenvalue weighted by atomic mass is 16.5. The fraction of sp³-hybridized carbons (Fsp3) is 1.00. The van der Waals surface area contributed by atoms with Gasteiger partial charge in [-0.1, -0.05) is 13.8 Å². The number of hydrogen-bond acceptors (Lipinski definition) is 2. The molecule has 2 heteroatoms. The van der Waals surface area contributed by atoms with E-state index in [4.69, 9.17) is 10.5 Å². The van der Waals surface area contributed by atoms with Gasteiger partial charge in [0, 0.05) is 18.6 Å². The first-order chi connectivity index (χ1) is 4.09. The standard InChI is InChI=1S/C7H15NO/c1-7(2)5(8)4-6(7)9-3/h5-6H,4,8H2,1-3H3/t5-,6+/m0/s1. The fourth-order valence-electron chi connectivity index (χ4n) is 1.32. The first kappa shape index (κ1) is 7.03. The van der Waals surface area contributed by atoms with E-state index in [9.17, 15) is 0 Å². The summed E-state index contributed by atoms with van der Waals surface area (Å²) in [7, 11) is 1.75. The van der Waals surface area contributed by atoms with Crippen molar-refractivity contribution in [1.82, 2.24) is 0 Å². The van der Waals surface area contributed by atoms with Crippen LogP contribution < -0.4 is 5.73 Å². The molecule has 1 fully saturated rings. The summed E-state index contributed by atoms with van der Waals surface area (Å²) in [5, 5.41) is 0. The predicted octanol–water partition coefficient (Wildman–Crippen LogP) is 0.759. The maximum atomic E-state index is 5.74. The van der Waals surface area contributed by atoms with Gasteiger partial charge in [-0.2, -0.15) is 0 Å². The maximum Gasteiger partial charge on any atom is 0.0652 e. The molecule has 54 valence electrons. The minimum absolute atomic E-state index is 0.203. The van der Waals surface area contributed by atoms with Crippen molar-refractivity contribution >= 4 is 0 Å². The molecule has 2 nitrogen and oxygen atoms in total. The normalized spacial score (nSPS) is 40.0. The zero-order chi connectivity index (χ0) is 7.07. The third-order valence-electron chi connectivity index (χ3n) is 2.54. The Morgan fingerprint density at radius 3 is 2.22 bits per heavy atom. The van der Waals surface area contributed by atoms with Crippen LogP contribution in [0.15, 0.2) is 0 Å². The molecule has 0 aliphatic heterocycles. The highest BCUT2D eigenvalue weighted by molar-refractivity contribution is 5.00. The molecule has 1 aliphatic carbocycles. The minimum Gasteiger partial charge on any atom is -0.381 e. The average molecular weight is 129 g/mol. The SMILES string of the molecule is CO[C@@H]1C[C@H](N)C1(C)C. The summed E-state index contributed by atoms with van der Waals surface area (Å²) in [6, 6.07) is 0.336. The lowest BCUT2D eigenvalue weighted by Gasteiger charge is -2.49. The van der Waals surface area contributed by atoms with Gasteiger partial charge in [-0.15, -0.1) is 0 Å². The van der Waals surface area contributed by atoms with Crippen LogP contribution in [0.5, 0.6) is 0 Å². The molecule has 0 spiro atoms. The van der Waals surface area contributed by atoms with E-state index < -0.39 is 0 Å². The zero-order valence-corrected chi connectivity index (χ0v) is 6.35. The van der Waals surface area contributed by atoms with Crippen molar-refractivity contribution < 1.29 is 4.74 Å². The van der Waals surface area contributed by atoms with Gasteiger partial charge in [0.1, 0.15) is 0 Å². The maximum absolute atomic E-state index is 5.74. The van der Waals surface area contributed by atoms with E-state index >= 15 is 0 Å². The van der Waals surface area contributed by atoms with Crippen molar-refractivity contribution in [2.24, 2.45) is 11.1 Å². The Bertz CT molecular complexity index is 111. The van der Waals surface area contributed by atoms with Crippen LogP contribution in [0.1, 0.15) is 20.3 Å². The van der Waals surface area contributed by atoms with Crippen molar-refractivity contribution in [3.63, 3.8) is 0 Å². The van der Waals surface area contributed by atoms with Crippen molar-refractivity contribution in [2.45, 2.75) is 32.4 Å². The van der Waals surface area contributed by atoms with E-state index in [1.807, 2.05) is 0 Å². The Kier molecular flexibility index (Phi) is 1.53. The summed E-state index contributed by atoms with van der Waals surface area (Å²) >= 11 is 0. The Hall–Kier alpha value is -0.0800. The van der Waals surface area contributed by atoms with Gasteiger partial charge < -0.3 is 10.5 Å². The van der Waals surface area contributed by atoms with Gasteiger partial charge in [0.25, 0.3) is 0 Å². The number of rotatable bonds is 1. The molecule has 1 saturated carbocycles. The van der Waals surface area contributed by atoms with E-state index in [1.165, 1.54) is 0 Å². The highest BCUT2D eigenvalue weighted by Crippen LogP contribution is 2.40. The molecule has 0 bridgehead atoms. The lowest BCUT2D eigenvalue weighted by atomic mass is 9.65. The summed E-state index contributed by atoms with van der Waals surface area (Å²) in [5.74, 6) is 0. The second kappa shape index (κ2) is 1.96. The van der Waals surface area contributed by atoms with Crippen LogP contribution in [0.3, 0.4) is 0 Å². The molecule has 1 rings (SSSR count). The van der Waals surface area contributed by atoms with Gasteiger partial charge in [-0.25, -0.2) is 0 Å². The van der Waals surface area contributed by atoms with Crippen LogP contribution in [0, 0.1) is 5.41 Å². The third kappa shape index (κ3) is 0.864. The van der Waals surface area contributed by atoms with Gasteiger partial charge in [-0.3, -0.25) is 0 Å². The van der Waals surface area contributed by atoms with E-state index in [0.717, 1.165) is 6.42 Å². The van der Waals surface area contributed by atoms with Crippen molar-refractivity contribution in [3.05, 3.63) is 0 Å². The largest absolute Gasteiger partial charge is 0.381 e. The van der Waals surface area contributed by atoms with Gasteiger partial charge in [-0.05, 0) is 6.42 Å². The van der Waals surface area contributed by atoms with Crippen molar-refractivity contribution in [1.29, 1.82) is 0 Å². The quantitative estimate of drug-likeness (QED) is 0.567. The van der Waals surface area contributed by atoms with Crippen LogP contribution in [-0.2, 0) is 4.74 Å². The highest BCUT2D eigenvalue weighted by Gasteiger charge is 2.46. The molecule has 0 aromatic heterocycles. The molecule has 0 aromatic rings. The van der Waals surface area contributed by atoms with Gasteiger partial charge in [0.2, 0.25) is 0 Å². The smallest absolute Gasteiger partial charge is 0.0652 e. The Labute approximate surface area is 56.4 Å². The first-order valence-corrected chi connectivity index (χ1v) is 3.37. The first-order valence-electron chi connectivity index (χ1n) is 3.37. The second-order valence-corrected chi connectivity index (χ2v) is 3.39. The van der Waals surface area contributed by atoms with Crippen LogP contribution in [0.25, 0.3) is 0 Å². The molecular formula is C7H15NO. The van der Waals surface area contributed by atoms with E-state index in [2.05, 4.69) is 13.8 Å². The van der Waals surface area contributed by atoms with Gasteiger partial charge in [0.15, 0.2) is 0 Å². The Balaban J connectivity index is 2.48. The van der Waals surface area contributed by atoms with Gasteiger partial charge in [0.05, 0.1) is 6.10 Å². The summed E-state index contributed by atoms with van der Waals surface area (Å²) in [4.78, 5) is 0. The number of methoxy groups -OCH3 is 1. The lowest BCUT2D eigenvalue weighted by molar-refractivity contribution is -0.0858. The predicted molar refractivity (Wildman–Crippen MR) is 37.2 cm³/mol. The van der Waals surface area contributed by atoms with Crippen LogP contribution in [-0.4, -0.2) is 19.3 Å². The van der Waals surface area contributed by atoms with Crippen LogP contribution in [0.4, 0.5) is 0 Å². The van der Waals surface area contributed by atoms with Crippen LogP contribution >= 0.6 is 0 Å². The summed E-state index contributed by atoms with van der Waals surface area (Å²) in [6.45, 7) is 4.30. The monoisotopic (exact) mass is 129 g/mol. The molecule has 0 radical (unpaired) electrons. The van der Waals surface area contributed by atoms with E-state index in [1.54, 1.807) is 7.11 Å². The third-order valence-corrected chi connectivity index (χ3v) is 2.54. The van der Waals surface area contributed by atoms with E-state index in [-0.39, 0.29) is 5.41 Å². The molecule has 0 amide bonds. The molecule has 0 saturated heterocycles. The van der Waals surface area contributed by atoms with E-state index in [0.29, 0.717) is 12.1 Å². The molecule has 9 heavy (non-hydrogen) atoms. The number of nitrogens with two attached hydrogens (primary N) is 1. The Morgan fingerprint density at radius 1 is 1.56 bits per heavy atom. The topological polar surface area (TPSA) is 35.2 Å². The zero-order valence-electron chi connectivity index (χ0n) is 6.35. The Morgan fingerprint density at radius 2 is 2.11 bits per heavy atom. The minimum atomic E-state index is 0.203. The van der Waals surface area contributed by atoms with Crippen molar-refractivity contribution in [3.8, 4) is 0 Å². The molecule has 2 N–H and O–H groups in total.